The van der Waals surface area contributed by atoms with Crippen molar-refractivity contribution in [2.24, 2.45) is 11.1 Å². The number of rotatable bonds is 0. The molecule has 0 rings (SSSR count). The fourth-order valence-corrected chi connectivity index (χ4v) is 0.217. The third-order valence-corrected chi connectivity index (χ3v) is 0.447. The van der Waals surface area contributed by atoms with Crippen molar-refractivity contribution in [1.82, 2.24) is 0 Å². The molecule has 0 bridgehead atoms. The first-order valence-corrected chi connectivity index (χ1v) is 2.29. The fourth-order valence-electron chi connectivity index (χ4n) is 0.217. The van der Waals surface area contributed by atoms with Gasteiger partial charge in [0.2, 0.25) is 0 Å². The number of hydrogen-bond donors (Lipinski definition) is 1. The van der Waals surface area contributed by atoms with Gasteiger partial charge in [-0.15, -0.1) is 0 Å². The van der Waals surface area contributed by atoms with Crippen LogP contribution in [0.25, 0.3) is 0 Å². The Labute approximate surface area is 44.9 Å². The predicted octanol–water partition coefficient (Wildman–Crippen LogP) is 0.952. The Hall–Kier alpha value is -0.640. The molecular formula is C6H11N. The Balaban J connectivity index is 3.72. The van der Waals surface area contributed by atoms with Crippen molar-refractivity contribution in [2.75, 3.05) is 0 Å². The van der Waals surface area contributed by atoms with E-state index in [1.807, 2.05) is 20.8 Å². The van der Waals surface area contributed by atoms with Crippen LogP contribution in [0.4, 0.5) is 0 Å². The van der Waals surface area contributed by atoms with E-state index in [1.54, 1.807) is 0 Å². The molecule has 40 valence electrons. The minimum atomic E-state index is 0.0642. The zero-order chi connectivity index (χ0) is 5.91. The molecular weight excluding hydrogens is 86.1 g/mol. The van der Waals surface area contributed by atoms with Crippen molar-refractivity contribution < 1.29 is 0 Å². The van der Waals surface area contributed by atoms with Crippen molar-refractivity contribution in [3.05, 3.63) is 0 Å². The van der Waals surface area contributed by atoms with Gasteiger partial charge in [0.05, 0.1) is 0 Å². The third-order valence-electron chi connectivity index (χ3n) is 0.447. The molecule has 0 amide bonds. The van der Waals surface area contributed by atoms with Gasteiger partial charge in [-0.05, 0) is 20.8 Å². The molecule has 0 aromatic heterocycles. The van der Waals surface area contributed by atoms with Crippen LogP contribution in [0.15, 0.2) is 0 Å². The van der Waals surface area contributed by atoms with Gasteiger partial charge in [0, 0.05) is 11.5 Å². The molecule has 0 spiro atoms. The van der Waals surface area contributed by atoms with Crippen molar-refractivity contribution >= 4 is 0 Å². The number of hydrogen-bond acceptors (Lipinski definition) is 1. The van der Waals surface area contributed by atoms with E-state index in [1.165, 1.54) is 0 Å². The van der Waals surface area contributed by atoms with Crippen LogP contribution in [0, 0.1) is 17.4 Å². The van der Waals surface area contributed by atoms with E-state index < -0.39 is 0 Å². The highest BCUT2D eigenvalue weighted by atomic mass is 14.5. The maximum absolute atomic E-state index is 4.95. The molecule has 0 fully saturated rings. The molecule has 1 heteroatoms. The predicted molar refractivity (Wildman–Crippen MR) is 31.4 cm³/mol. The Kier molecular flexibility index (Phi) is 1.71. The lowest BCUT2D eigenvalue weighted by Crippen LogP contribution is -2.00. The summed E-state index contributed by atoms with van der Waals surface area (Å²) in [6, 6.07) is 2.36. The highest BCUT2D eigenvalue weighted by Gasteiger charge is 2.01. The second-order valence-corrected chi connectivity index (χ2v) is 2.52. The summed E-state index contributed by atoms with van der Waals surface area (Å²) in [5, 5.41) is 0. The van der Waals surface area contributed by atoms with Crippen LogP contribution in [0.3, 0.4) is 0 Å². The van der Waals surface area contributed by atoms with Crippen LogP contribution in [0.2, 0.25) is 0 Å². The SMILES string of the molecule is CC(C)(C)C#CN. The summed E-state index contributed by atoms with van der Waals surface area (Å²) in [7, 11) is 0. The van der Waals surface area contributed by atoms with Crippen LogP contribution in [-0.2, 0) is 0 Å². The van der Waals surface area contributed by atoms with Crippen LogP contribution < -0.4 is 5.73 Å². The molecule has 0 aliphatic heterocycles. The van der Waals surface area contributed by atoms with E-state index in [0.717, 1.165) is 0 Å². The van der Waals surface area contributed by atoms with Crippen LogP contribution in [0.5, 0.6) is 0 Å². The lowest BCUT2D eigenvalue weighted by Gasteiger charge is -2.05. The van der Waals surface area contributed by atoms with Gasteiger partial charge in [-0.25, -0.2) is 0 Å². The highest BCUT2D eigenvalue weighted by molar-refractivity contribution is 5.03. The van der Waals surface area contributed by atoms with E-state index in [2.05, 4.69) is 12.0 Å². The Morgan fingerprint density at radius 3 is 1.71 bits per heavy atom. The largest absolute Gasteiger partial charge is 0.359 e. The maximum Gasteiger partial charge on any atom is 0.0248 e. The standard InChI is InChI=1S/C6H11N/c1-6(2,3)4-5-7/h7H2,1-3H3. The van der Waals surface area contributed by atoms with E-state index in [9.17, 15) is 0 Å². The minimum Gasteiger partial charge on any atom is -0.359 e. The Morgan fingerprint density at radius 2 is 1.71 bits per heavy atom. The van der Waals surface area contributed by atoms with Gasteiger partial charge in [-0.1, -0.05) is 5.92 Å². The first-order chi connectivity index (χ1) is 3.06. The molecule has 1 nitrogen and oxygen atoms in total. The van der Waals surface area contributed by atoms with E-state index in [0.29, 0.717) is 0 Å². The van der Waals surface area contributed by atoms with E-state index in [4.69, 9.17) is 5.73 Å². The smallest absolute Gasteiger partial charge is 0.0248 e. The average molecular weight is 97.2 g/mol. The molecule has 0 aromatic rings. The lowest BCUT2D eigenvalue weighted by molar-refractivity contribution is 0.570. The van der Waals surface area contributed by atoms with Crippen LogP contribution >= 0.6 is 0 Å². The van der Waals surface area contributed by atoms with Gasteiger partial charge < -0.3 is 5.73 Å². The molecule has 2 N–H and O–H groups in total. The van der Waals surface area contributed by atoms with Crippen molar-refractivity contribution in [1.29, 1.82) is 0 Å². The summed E-state index contributed by atoms with van der Waals surface area (Å²) in [4.78, 5) is 0. The van der Waals surface area contributed by atoms with Gasteiger partial charge in [0.25, 0.3) is 0 Å². The zero-order valence-electron chi connectivity index (χ0n) is 5.08. The normalized spacial score (nSPS) is 9.57. The van der Waals surface area contributed by atoms with E-state index >= 15 is 0 Å². The van der Waals surface area contributed by atoms with E-state index in [-0.39, 0.29) is 5.41 Å². The topological polar surface area (TPSA) is 26.0 Å². The zero-order valence-corrected chi connectivity index (χ0v) is 5.08. The Morgan fingerprint density at radius 1 is 1.29 bits per heavy atom. The molecule has 7 heavy (non-hydrogen) atoms. The first-order valence-electron chi connectivity index (χ1n) is 2.29. The number of nitrogens with two attached hydrogens (primary N) is 1. The third kappa shape index (κ3) is 5.36. The van der Waals surface area contributed by atoms with Crippen molar-refractivity contribution in [2.45, 2.75) is 20.8 Å². The molecule has 0 aliphatic rings. The molecule has 0 aliphatic carbocycles. The minimum absolute atomic E-state index is 0.0642. The molecule has 0 aromatic carbocycles. The van der Waals surface area contributed by atoms with Crippen LogP contribution in [-0.4, -0.2) is 0 Å². The first kappa shape index (κ1) is 6.36. The van der Waals surface area contributed by atoms with Crippen LogP contribution in [0.1, 0.15) is 20.8 Å². The molecule has 0 radical (unpaired) electrons. The second-order valence-electron chi connectivity index (χ2n) is 2.52. The van der Waals surface area contributed by atoms with Crippen molar-refractivity contribution in [3.63, 3.8) is 0 Å². The fraction of sp³-hybridized carbons (Fsp3) is 0.667. The summed E-state index contributed by atoms with van der Waals surface area (Å²) in [5.74, 6) is 2.81. The lowest BCUT2D eigenvalue weighted by atomic mass is 9.99. The monoisotopic (exact) mass is 97.1 g/mol. The van der Waals surface area contributed by atoms with Gasteiger partial charge in [-0.2, -0.15) is 0 Å². The van der Waals surface area contributed by atoms with Gasteiger partial charge in [0.15, 0.2) is 0 Å². The summed E-state index contributed by atoms with van der Waals surface area (Å²) in [5.41, 5.74) is 5.02. The molecule has 0 saturated heterocycles. The summed E-state index contributed by atoms with van der Waals surface area (Å²) >= 11 is 0. The molecule has 0 atom stereocenters. The average Bonchev–Trinajstić information content (AvgIpc) is 1.30. The van der Waals surface area contributed by atoms with Gasteiger partial charge in [0.1, 0.15) is 0 Å². The van der Waals surface area contributed by atoms with Gasteiger partial charge >= 0.3 is 0 Å². The Bertz CT molecular complexity index is 97.6. The molecule has 0 unspecified atom stereocenters. The molecule has 0 saturated carbocycles. The summed E-state index contributed by atoms with van der Waals surface area (Å²) < 4.78 is 0. The summed E-state index contributed by atoms with van der Waals surface area (Å²) in [6.07, 6.45) is 0. The van der Waals surface area contributed by atoms with Crippen molar-refractivity contribution in [3.8, 4) is 12.0 Å². The summed E-state index contributed by atoms with van der Waals surface area (Å²) in [6.45, 7) is 6.06. The maximum atomic E-state index is 4.95. The quantitative estimate of drug-likeness (QED) is 0.353. The second kappa shape index (κ2) is 1.88. The van der Waals surface area contributed by atoms with Gasteiger partial charge in [-0.3, -0.25) is 0 Å². The molecule has 0 heterocycles. The highest BCUT2D eigenvalue weighted by Crippen LogP contribution is 2.08.